The first-order chi connectivity index (χ1) is 6.20. The van der Waals surface area contributed by atoms with Crippen molar-refractivity contribution < 1.29 is 0 Å². The van der Waals surface area contributed by atoms with Crippen LogP contribution in [0.3, 0.4) is 0 Å². The SMILES string of the molecule is C=C(N)/C=C\C(=S)c1cccnn1. The van der Waals surface area contributed by atoms with Gasteiger partial charge < -0.3 is 5.73 Å². The van der Waals surface area contributed by atoms with Gasteiger partial charge in [-0.1, -0.05) is 18.8 Å². The molecular formula is C9H9N3S. The van der Waals surface area contributed by atoms with Gasteiger partial charge in [0.1, 0.15) is 5.69 Å². The highest BCUT2D eigenvalue weighted by Gasteiger charge is 1.96. The van der Waals surface area contributed by atoms with E-state index >= 15 is 0 Å². The lowest BCUT2D eigenvalue weighted by Crippen LogP contribution is -1.98. The van der Waals surface area contributed by atoms with E-state index in [1.54, 1.807) is 30.5 Å². The van der Waals surface area contributed by atoms with Gasteiger partial charge in [-0.25, -0.2) is 0 Å². The lowest BCUT2D eigenvalue weighted by atomic mass is 10.2. The van der Waals surface area contributed by atoms with Crippen molar-refractivity contribution in [3.8, 4) is 0 Å². The minimum Gasteiger partial charge on any atom is -0.399 e. The Morgan fingerprint density at radius 3 is 2.85 bits per heavy atom. The Labute approximate surface area is 82.0 Å². The van der Waals surface area contributed by atoms with E-state index in [1.165, 1.54) is 0 Å². The van der Waals surface area contributed by atoms with Crippen molar-refractivity contribution >= 4 is 17.1 Å². The zero-order chi connectivity index (χ0) is 9.68. The Morgan fingerprint density at radius 1 is 1.54 bits per heavy atom. The number of allylic oxidation sites excluding steroid dienone is 2. The van der Waals surface area contributed by atoms with Gasteiger partial charge in [-0.05, 0) is 24.3 Å². The van der Waals surface area contributed by atoms with Gasteiger partial charge in [0.15, 0.2) is 0 Å². The fraction of sp³-hybridized carbons (Fsp3) is 0. The van der Waals surface area contributed by atoms with Crippen molar-refractivity contribution in [3.05, 3.63) is 48.5 Å². The summed E-state index contributed by atoms with van der Waals surface area (Å²) < 4.78 is 0. The van der Waals surface area contributed by atoms with E-state index in [2.05, 4.69) is 16.8 Å². The Hall–Kier alpha value is -1.55. The van der Waals surface area contributed by atoms with Gasteiger partial charge in [0, 0.05) is 11.9 Å². The maximum Gasteiger partial charge on any atom is 0.104 e. The molecule has 0 fully saturated rings. The minimum absolute atomic E-state index is 0.464. The minimum atomic E-state index is 0.464. The average Bonchev–Trinajstić information content (AvgIpc) is 2.15. The quantitative estimate of drug-likeness (QED) is 0.338. The van der Waals surface area contributed by atoms with E-state index < -0.39 is 0 Å². The van der Waals surface area contributed by atoms with Gasteiger partial charge in [0.2, 0.25) is 0 Å². The van der Waals surface area contributed by atoms with Crippen molar-refractivity contribution in [2.24, 2.45) is 5.73 Å². The molecule has 0 aromatic carbocycles. The van der Waals surface area contributed by atoms with Crippen LogP contribution in [0.4, 0.5) is 0 Å². The van der Waals surface area contributed by atoms with Gasteiger partial charge in [-0.2, -0.15) is 5.10 Å². The van der Waals surface area contributed by atoms with Crippen LogP contribution in [0.2, 0.25) is 0 Å². The van der Waals surface area contributed by atoms with E-state index in [1.807, 2.05) is 0 Å². The number of hydrogen-bond acceptors (Lipinski definition) is 4. The molecule has 0 aliphatic heterocycles. The van der Waals surface area contributed by atoms with Gasteiger partial charge >= 0.3 is 0 Å². The van der Waals surface area contributed by atoms with Crippen LogP contribution < -0.4 is 5.73 Å². The van der Waals surface area contributed by atoms with Crippen LogP contribution in [-0.2, 0) is 0 Å². The third kappa shape index (κ3) is 3.13. The van der Waals surface area contributed by atoms with Crippen LogP contribution in [0.1, 0.15) is 5.69 Å². The summed E-state index contributed by atoms with van der Waals surface area (Å²) in [6, 6.07) is 3.57. The van der Waals surface area contributed by atoms with Crippen LogP contribution in [0.5, 0.6) is 0 Å². The molecular weight excluding hydrogens is 182 g/mol. The first-order valence-corrected chi connectivity index (χ1v) is 4.05. The Kier molecular flexibility index (Phi) is 3.28. The summed E-state index contributed by atoms with van der Waals surface area (Å²) in [4.78, 5) is 0.597. The molecule has 0 saturated heterocycles. The van der Waals surface area contributed by atoms with Gasteiger partial charge in [-0.3, -0.25) is 0 Å². The molecule has 0 atom stereocenters. The fourth-order valence-corrected chi connectivity index (χ4v) is 0.878. The summed E-state index contributed by atoms with van der Waals surface area (Å²) in [5, 5.41) is 7.55. The van der Waals surface area contributed by atoms with Crippen molar-refractivity contribution in [2.45, 2.75) is 0 Å². The first-order valence-electron chi connectivity index (χ1n) is 3.64. The van der Waals surface area contributed by atoms with Crippen molar-refractivity contribution in [1.29, 1.82) is 0 Å². The molecule has 1 rings (SSSR count). The molecule has 0 saturated carbocycles. The second-order valence-corrected chi connectivity index (χ2v) is 2.82. The predicted octanol–water partition coefficient (Wildman–Crippen LogP) is 1.22. The van der Waals surface area contributed by atoms with Crippen LogP contribution in [0, 0.1) is 0 Å². The molecule has 0 unspecified atom stereocenters. The van der Waals surface area contributed by atoms with Gasteiger partial charge in [0.05, 0.1) is 4.86 Å². The van der Waals surface area contributed by atoms with E-state index in [9.17, 15) is 0 Å². The largest absolute Gasteiger partial charge is 0.399 e. The Morgan fingerprint density at radius 2 is 2.31 bits per heavy atom. The van der Waals surface area contributed by atoms with Crippen LogP contribution in [0.15, 0.2) is 42.8 Å². The molecule has 4 heteroatoms. The van der Waals surface area contributed by atoms with Crippen molar-refractivity contribution in [2.75, 3.05) is 0 Å². The van der Waals surface area contributed by atoms with E-state index in [-0.39, 0.29) is 0 Å². The first kappa shape index (κ1) is 9.54. The number of hydrogen-bond donors (Lipinski definition) is 1. The topological polar surface area (TPSA) is 51.8 Å². The molecule has 2 N–H and O–H groups in total. The molecule has 13 heavy (non-hydrogen) atoms. The molecule has 3 nitrogen and oxygen atoms in total. The van der Waals surface area contributed by atoms with Gasteiger partial charge in [-0.15, -0.1) is 5.10 Å². The fourth-order valence-electron chi connectivity index (χ4n) is 0.701. The van der Waals surface area contributed by atoms with E-state index in [0.717, 1.165) is 0 Å². The molecule has 0 aliphatic carbocycles. The molecule has 0 radical (unpaired) electrons. The van der Waals surface area contributed by atoms with Crippen LogP contribution in [0.25, 0.3) is 0 Å². The number of aromatic nitrogens is 2. The summed E-state index contributed by atoms with van der Waals surface area (Å²) in [6.45, 7) is 3.52. The summed E-state index contributed by atoms with van der Waals surface area (Å²) in [5.74, 6) is 0. The zero-order valence-electron chi connectivity index (χ0n) is 6.97. The molecule has 1 heterocycles. The average molecular weight is 191 g/mol. The lowest BCUT2D eigenvalue weighted by molar-refractivity contribution is 1.02. The maximum atomic E-state index is 5.34. The molecule has 0 spiro atoms. The summed E-state index contributed by atoms with van der Waals surface area (Å²) >= 11 is 5.05. The monoisotopic (exact) mass is 191 g/mol. The number of thiocarbonyl (C=S) groups is 1. The molecule has 1 aromatic heterocycles. The molecule has 0 bridgehead atoms. The predicted molar refractivity (Wildman–Crippen MR) is 56.2 cm³/mol. The van der Waals surface area contributed by atoms with Crippen LogP contribution >= 0.6 is 12.2 Å². The standard InChI is InChI=1S/C9H9N3S/c1-7(10)4-5-9(13)8-3-2-6-11-12-8/h2-6H,1,10H2/b5-4-. The summed E-state index contributed by atoms with van der Waals surface area (Å²) in [6.07, 6.45) is 4.91. The maximum absolute atomic E-state index is 5.34. The summed E-state index contributed by atoms with van der Waals surface area (Å²) in [7, 11) is 0. The molecule has 1 aromatic rings. The molecule has 0 amide bonds. The van der Waals surface area contributed by atoms with Crippen molar-refractivity contribution in [1.82, 2.24) is 10.2 Å². The van der Waals surface area contributed by atoms with Crippen LogP contribution in [-0.4, -0.2) is 15.1 Å². The molecule has 66 valence electrons. The smallest absolute Gasteiger partial charge is 0.104 e. The van der Waals surface area contributed by atoms with E-state index in [0.29, 0.717) is 16.3 Å². The second kappa shape index (κ2) is 4.47. The van der Waals surface area contributed by atoms with Gasteiger partial charge in [0.25, 0.3) is 0 Å². The number of rotatable bonds is 3. The number of nitrogens with two attached hydrogens (primary N) is 1. The third-order valence-corrected chi connectivity index (χ3v) is 1.62. The highest BCUT2D eigenvalue weighted by Crippen LogP contribution is 1.97. The normalized spacial score (nSPS) is 10.2. The second-order valence-electron chi connectivity index (χ2n) is 2.38. The number of nitrogens with zero attached hydrogens (tertiary/aromatic N) is 2. The highest BCUT2D eigenvalue weighted by atomic mass is 32.1. The zero-order valence-corrected chi connectivity index (χ0v) is 7.79. The lowest BCUT2D eigenvalue weighted by Gasteiger charge is -1.94. The highest BCUT2D eigenvalue weighted by molar-refractivity contribution is 7.81. The Bertz CT molecular complexity index is 343. The Balaban J connectivity index is 2.76. The van der Waals surface area contributed by atoms with Crippen molar-refractivity contribution in [3.63, 3.8) is 0 Å². The third-order valence-electron chi connectivity index (χ3n) is 1.27. The molecule has 0 aliphatic rings. The summed E-state index contributed by atoms with van der Waals surface area (Å²) in [5.41, 5.74) is 6.47. The van der Waals surface area contributed by atoms with E-state index in [4.69, 9.17) is 18.0 Å².